The maximum Gasteiger partial charge on any atom is 0.222 e. The number of rotatable bonds is 5. The minimum absolute atomic E-state index is 0.195. The first kappa shape index (κ1) is 14.8. The van der Waals surface area contributed by atoms with E-state index in [2.05, 4.69) is 40.2 Å². The summed E-state index contributed by atoms with van der Waals surface area (Å²) in [6.45, 7) is 6.21. The van der Waals surface area contributed by atoms with E-state index in [1.165, 1.54) is 18.4 Å². The Balaban J connectivity index is 1.97. The number of hydrogen-bond acceptors (Lipinski definition) is 5. The van der Waals surface area contributed by atoms with Crippen molar-refractivity contribution in [2.45, 2.75) is 46.1 Å². The van der Waals surface area contributed by atoms with Crippen LogP contribution in [0.2, 0.25) is 0 Å². The Hall–Kier alpha value is -2.17. The second-order valence-electron chi connectivity index (χ2n) is 6.01. The van der Waals surface area contributed by atoms with Gasteiger partial charge in [0.05, 0.1) is 11.7 Å². The summed E-state index contributed by atoms with van der Waals surface area (Å²) in [5.41, 5.74) is 10.2. The number of aryl methyl sites for hydroxylation is 2. The van der Waals surface area contributed by atoms with Gasteiger partial charge in [0.1, 0.15) is 5.82 Å². The Kier molecular flexibility index (Phi) is 3.96. The summed E-state index contributed by atoms with van der Waals surface area (Å²) in [7, 11) is 0. The average molecular weight is 297 g/mol. The SMILES string of the molecule is CCc1c(C)nc(N)nc1N[C@@H](c1ncccc1C)C1CC1. The van der Waals surface area contributed by atoms with Crippen LogP contribution in [0.3, 0.4) is 0 Å². The summed E-state index contributed by atoms with van der Waals surface area (Å²) >= 11 is 0. The third kappa shape index (κ3) is 2.89. The summed E-state index contributed by atoms with van der Waals surface area (Å²) in [4.78, 5) is 13.3. The topological polar surface area (TPSA) is 76.7 Å². The fourth-order valence-corrected chi connectivity index (χ4v) is 2.97. The molecule has 1 fully saturated rings. The molecule has 0 bridgehead atoms. The molecular formula is C17H23N5. The molecule has 5 nitrogen and oxygen atoms in total. The van der Waals surface area contributed by atoms with Crippen molar-refractivity contribution in [2.24, 2.45) is 5.92 Å². The lowest BCUT2D eigenvalue weighted by atomic mass is 10.0. The van der Waals surface area contributed by atoms with Crippen molar-refractivity contribution in [3.05, 3.63) is 40.8 Å². The minimum Gasteiger partial charge on any atom is -0.368 e. The second kappa shape index (κ2) is 5.91. The molecule has 3 rings (SSSR count). The van der Waals surface area contributed by atoms with E-state index in [9.17, 15) is 0 Å². The molecule has 116 valence electrons. The molecule has 2 aromatic rings. The van der Waals surface area contributed by atoms with E-state index in [0.717, 1.165) is 29.2 Å². The zero-order valence-electron chi connectivity index (χ0n) is 13.4. The first-order valence-corrected chi connectivity index (χ1v) is 7.91. The first-order chi connectivity index (χ1) is 10.6. The molecule has 0 unspecified atom stereocenters. The third-order valence-electron chi connectivity index (χ3n) is 4.31. The minimum atomic E-state index is 0.195. The number of nitrogens with two attached hydrogens (primary N) is 1. The lowest BCUT2D eigenvalue weighted by Crippen LogP contribution is -2.19. The van der Waals surface area contributed by atoms with Crippen LogP contribution in [0.4, 0.5) is 11.8 Å². The Bertz CT molecular complexity index is 679. The van der Waals surface area contributed by atoms with E-state index in [1.807, 2.05) is 19.2 Å². The highest BCUT2D eigenvalue weighted by Gasteiger charge is 2.34. The van der Waals surface area contributed by atoms with E-state index in [4.69, 9.17) is 5.73 Å². The normalized spacial score (nSPS) is 15.6. The van der Waals surface area contributed by atoms with Crippen LogP contribution in [0.15, 0.2) is 18.3 Å². The van der Waals surface area contributed by atoms with Crippen LogP contribution in [0.25, 0.3) is 0 Å². The van der Waals surface area contributed by atoms with Gasteiger partial charge in [0.2, 0.25) is 5.95 Å². The van der Waals surface area contributed by atoms with Crippen molar-refractivity contribution in [3.8, 4) is 0 Å². The zero-order valence-corrected chi connectivity index (χ0v) is 13.4. The van der Waals surface area contributed by atoms with E-state index < -0.39 is 0 Å². The largest absolute Gasteiger partial charge is 0.368 e. The molecule has 0 aliphatic heterocycles. The highest BCUT2D eigenvalue weighted by Crippen LogP contribution is 2.43. The molecule has 2 heterocycles. The quantitative estimate of drug-likeness (QED) is 0.886. The van der Waals surface area contributed by atoms with Gasteiger partial charge in [0.15, 0.2) is 0 Å². The fraction of sp³-hybridized carbons (Fsp3) is 0.471. The van der Waals surface area contributed by atoms with Gasteiger partial charge >= 0.3 is 0 Å². The number of hydrogen-bond donors (Lipinski definition) is 2. The Morgan fingerprint density at radius 1 is 1.32 bits per heavy atom. The molecular weight excluding hydrogens is 274 g/mol. The molecule has 0 amide bonds. The standard InChI is InChI=1S/C17H23N5/c1-4-13-11(3)20-17(18)22-16(13)21-15(12-7-8-12)14-10(2)6-5-9-19-14/h5-6,9,12,15H,4,7-8H2,1-3H3,(H3,18,20,21,22)/t15-/m1/s1. The maximum absolute atomic E-state index is 5.84. The van der Waals surface area contributed by atoms with E-state index >= 15 is 0 Å². The monoisotopic (exact) mass is 297 g/mol. The van der Waals surface area contributed by atoms with Crippen LogP contribution in [-0.2, 0) is 6.42 Å². The number of anilines is 2. The predicted octanol–water partition coefficient (Wildman–Crippen LogP) is 3.20. The van der Waals surface area contributed by atoms with Crippen molar-refractivity contribution in [2.75, 3.05) is 11.1 Å². The molecule has 3 N–H and O–H groups in total. The lowest BCUT2D eigenvalue weighted by molar-refractivity contribution is 0.648. The highest BCUT2D eigenvalue weighted by atomic mass is 15.1. The summed E-state index contributed by atoms with van der Waals surface area (Å²) in [6.07, 6.45) is 5.20. The van der Waals surface area contributed by atoms with E-state index in [1.54, 1.807) is 0 Å². The number of nitrogens with one attached hydrogen (secondary N) is 1. The molecule has 1 saturated carbocycles. The van der Waals surface area contributed by atoms with Gasteiger partial charge in [-0.1, -0.05) is 13.0 Å². The number of nitrogen functional groups attached to an aromatic ring is 1. The molecule has 22 heavy (non-hydrogen) atoms. The zero-order chi connectivity index (χ0) is 15.7. The van der Waals surface area contributed by atoms with Crippen molar-refractivity contribution >= 4 is 11.8 Å². The maximum atomic E-state index is 5.84. The predicted molar refractivity (Wildman–Crippen MR) is 88.6 cm³/mol. The summed E-state index contributed by atoms with van der Waals surface area (Å²) < 4.78 is 0. The third-order valence-corrected chi connectivity index (χ3v) is 4.31. The van der Waals surface area contributed by atoms with Crippen LogP contribution < -0.4 is 11.1 Å². The van der Waals surface area contributed by atoms with Gasteiger partial charge < -0.3 is 11.1 Å². The Morgan fingerprint density at radius 2 is 2.09 bits per heavy atom. The molecule has 1 aliphatic carbocycles. The fourth-order valence-electron chi connectivity index (χ4n) is 2.97. The van der Waals surface area contributed by atoms with Crippen LogP contribution in [0.1, 0.15) is 48.3 Å². The van der Waals surface area contributed by atoms with Gasteiger partial charge in [0, 0.05) is 17.5 Å². The summed E-state index contributed by atoms with van der Waals surface area (Å²) in [6, 6.07) is 4.28. The van der Waals surface area contributed by atoms with Crippen LogP contribution >= 0.6 is 0 Å². The molecule has 5 heteroatoms. The van der Waals surface area contributed by atoms with Gasteiger partial charge in [0.25, 0.3) is 0 Å². The number of nitrogens with zero attached hydrogens (tertiary/aromatic N) is 3. The molecule has 1 atom stereocenters. The number of pyridine rings is 1. The van der Waals surface area contributed by atoms with E-state index in [0.29, 0.717) is 11.9 Å². The van der Waals surface area contributed by atoms with Crippen LogP contribution in [0, 0.1) is 19.8 Å². The highest BCUT2D eigenvalue weighted by molar-refractivity contribution is 5.51. The molecule has 2 aromatic heterocycles. The van der Waals surface area contributed by atoms with Crippen molar-refractivity contribution in [3.63, 3.8) is 0 Å². The van der Waals surface area contributed by atoms with Crippen molar-refractivity contribution in [1.29, 1.82) is 0 Å². The first-order valence-electron chi connectivity index (χ1n) is 7.91. The molecule has 0 saturated heterocycles. The molecule has 0 spiro atoms. The summed E-state index contributed by atoms with van der Waals surface area (Å²) in [5, 5.41) is 3.61. The van der Waals surface area contributed by atoms with Crippen LogP contribution in [0.5, 0.6) is 0 Å². The van der Waals surface area contributed by atoms with Crippen molar-refractivity contribution in [1.82, 2.24) is 15.0 Å². The van der Waals surface area contributed by atoms with Gasteiger partial charge in [-0.3, -0.25) is 4.98 Å². The lowest BCUT2D eigenvalue weighted by Gasteiger charge is -2.22. The smallest absolute Gasteiger partial charge is 0.222 e. The van der Waals surface area contributed by atoms with Gasteiger partial charge in [-0.05, 0) is 50.7 Å². The Labute approximate surface area is 131 Å². The molecule has 1 aliphatic rings. The van der Waals surface area contributed by atoms with Gasteiger partial charge in [-0.25, -0.2) is 4.98 Å². The van der Waals surface area contributed by atoms with E-state index in [-0.39, 0.29) is 6.04 Å². The van der Waals surface area contributed by atoms with Crippen LogP contribution in [-0.4, -0.2) is 15.0 Å². The van der Waals surface area contributed by atoms with Crippen molar-refractivity contribution < 1.29 is 0 Å². The molecule has 0 radical (unpaired) electrons. The number of aromatic nitrogens is 3. The molecule has 0 aromatic carbocycles. The Morgan fingerprint density at radius 3 is 2.73 bits per heavy atom. The second-order valence-corrected chi connectivity index (χ2v) is 6.01. The average Bonchev–Trinajstić information content (AvgIpc) is 3.30. The van der Waals surface area contributed by atoms with Gasteiger partial charge in [-0.15, -0.1) is 0 Å². The van der Waals surface area contributed by atoms with Gasteiger partial charge in [-0.2, -0.15) is 4.98 Å². The summed E-state index contributed by atoms with van der Waals surface area (Å²) in [5.74, 6) is 1.80.